The molecule has 0 radical (unpaired) electrons. The zero-order valence-electron chi connectivity index (χ0n) is 9.83. The van der Waals surface area contributed by atoms with Gasteiger partial charge in [0.2, 0.25) is 5.91 Å². The molecule has 2 N–H and O–H groups in total. The Labute approximate surface area is 109 Å². The average molecular weight is 263 g/mol. The molecule has 1 heterocycles. The molecule has 0 aliphatic carbocycles. The zero-order valence-corrected chi connectivity index (χ0v) is 10.6. The van der Waals surface area contributed by atoms with Crippen molar-refractivity contribution in [3.63, 3.8) is 0 Å². The highest BCUT2D eigenvalue weighted by Crippen LogP contribution is 2.21. The highest BCUT2D eigenvalue weighted by atomic mass is 32.2. The monoisotopic (exact) mass is 263 g/mol. The topological polar surface area (TPSA) is 74.1 Å². The Bertz CT molecular complexity index is 497. The molecule has 0 bridgehead atoms. The number of thioether (sulfide) groups is 1. The SMILES string of the molecule is CCC1SC(=NN=Cc2ccc(O)cc2)NC1=O. The van der Waals surface area contributed by atoms with Gasteiger partial charge < -0.3 is 10.4 Å². The van der Waals surface area contributed by atoms with Crippen molar-refractivity contribution in [3.05, 3.63) is 29.8 Å². The van der Waals surface area contributed by atoms with Crippen molar-refractivity contribution >= 4 is 29.1 Å². The summed E-state index contributed by atoms with van der Waals surface area (Å²) < 4.78 is 0. The fourth-order valence-electron chi connectivity index (χ4n) is 1.43. The lowest BCUT2D eigenvalue weighted by Gasteiger charge is -1.95. The van der Waals surface area contributed by atoms with Crippen LogP contribution < -0.4 is 5.32 Å². The number of phenolic OH excluding ortho intramolecular Hbond substituents is 1. The summed E-state index contributed by atoms with van der Waals surface area (Å²) in [5.41, 5.74) is 0.832. The zero-order chi connectivity index (χ0) is 13.0. The quantitative estimate of drug-likeness (QED) is 0.644. The fourth-order valence-corrected chi connectivity index (χ4v) is 2.29. The van der Waals surface area contributed by atoms with Crippen LogP contribution in [0.25, 0.3) is 0 Å². The maximum atomic E-state index is 11.4. The molecule has 1 atom stereocenters. The third kappa shape index (κ3) is 3.10. The second-order valence-electron chi connectivity index (χ2n) is 3.75. The van der Waals surface area contributed by atoms with Crippen LogP contribution in [-0.2, 0) is 4.79 Å². The Hall–Kier alpha value is -1.82. The lowest BCUT2D eigenvalue weighted by molar-refractivity contribution is -0.118. The Morgan fingerprint density at radius 2 is 2.17 bits per heavy atom. The molecule has 2 rings (SSSR count). The van der Waals surface area contributed by atoms with Crippen molar-refractivity contribution < 1.29 is 9.90 Å². The first kappa shape index (κ1) is 12.6. The Morgan fingerprint density at radius 1 is 1.44 bits per heavy atom. The minimum Gasteiger partial charge on any atom is -0.508 e. The number of amidine groups is 1. The molecular weight excluding hydrogens is 250 g/mol. The first-order chi connectivity index (χ1) is 8.69. The van der Waals surface area contributed by atoms with Crippen molar-refractivity contribution in [1.29, 1.82) is 0 Å². The number of carbonyl (C=O) groups is 1. The third-order valence-electron chi connectivity index (χ3n) is 2.40. The van der Waals surface area contributed by atoms with E-state index in [4.69, 9.17) is 5.11 Å². The van der Waals surface area contributed by atoms with Gasteiger partial charge in [-0.25, -0.2) is 0 Å². The van der Waals surface area contributed by atoms with Crippen LogP contribution in [0.4, 0.5) is 0 Å². The molecule has 0 spiro atoms. The van der Waals surface area contributed by atoms with Crippen LogP contribution in [0.15, 0.2) is 34.5 Å². The summed E-state index contributed by atoms with van der Waals surface area (Å²) in [6.07, 6.45) is 2.34. The second kappa shape index (κ2) is 5.68. The maximum absolute atomic E-state index is 11.4. The van der Waals surface area contributed by atoms with E-state index in [2.05, 4.69) is 15.5 Å². The Morgan fingerprint density at radius 3 is 2.78 bits per heavy atom. The van der Waals surface area contributed by atoms with Crippen LogP contribution in [0.2, 0.25) is 0 Å². The van der Waals surface area contributed by atoms with E-state index < -0.39 is 0 Å². The number of nitrogens with zero attached hydrogens (tertiary/aromatic N) is 2. The van der Waals surface area contributed by atoms with Crippen LogP contribution in [0.5, 0.6) is 5.75 Å². The molecule has 1 aliphatic rings. The van der Waals surface area contributed by atoms with E-state index in [0.29, 0.717) is 5.17 Å². The van der Waals surface area contributed by atoms with Gasteiger partial charge in [-0.1, -0.05) is 18.7 Å². The summed E-state index contributed by atoms with van der Waals surface area (Å²) in [6.45, 7) is 1.96. The van der Waals surface area contributed by atoms with Crippen molar-refractivity contribution in [2.45, 2.75) is 18.6 Å². The summed E-state index contributed by atoms with van der Waals surface area (Å²) in [6, 6.07) is 6.61. The lowest BCUT2D eigenvalue weighted by Crippen LogP contribution is -2.24. The highest BCUT2D eigenvalue weighted by Gasteiger charge is 2.28. The first-order valence-electron chi connectivity index (χ1n) is 5.56. The van der Waals surface area contributed by atoms with Gasteiger partial charge in [-0.2, -0.15) is 5.10 Å². The lowest BCUT2D eigenvalue weighted by atomic mass is 10.2. The van der Waals surface area contributed by atoms with Gasteiger partial charge in [-0.15, -0.1) is 5.10 Å². The van der Waals surface area contributed by atoms with Crippen molar-refractivity contribution in [2.75, 3.05) is 0 Å². The van der Waals surface area contributed by atoms with Crippen LogP contribution >= 0.6 is 11.8 Å². The molecular formula is C12H13N3O2S. The van der Waals surface area contributed by atoms with E-state index in [1.807, 2.05) is 6.92 Å². The molecule has 18 heavy (non-hydrogen) atoms. The van der Waals surface area contributed by atoms with Gasteiger partial charge in [0.05, 0.1) is 11.5 Å². The first-order valence-corrected chi connectivity index (χ1v) is 6.44. The molecule has 6 heteroatoms. The van der Waals surface area contributed by atoms with E-state index >= 15 is 0 Å². The Kier molecular flexibility index (Phi) is 3.99. The standard InChI is InChI=1S/C12H13N3O2S/c1-2-10-11(17)14-12(18-10)15-13-7-8-3-5-9(16)6-4-8/h3-7,10,16H,2H2,1H3,(H,14,15,17). The third-order valence-corrected chi connectivity index (χ3v) is 3.63. The van der Waals surface area contributed by atoms with E-state index in [1.54, 1.807) is 30.5 Å². The van der Waals surface area contributed by atoms with Crippen LogP contribution in [-0.4, -0.2) is 27.6 Å². The summed E-state index contributed by atoms with van der Waals surface area (Å²) in [5.74, 6) is 0.198. The number of carbonyl (C=O) groups excluding carboxylic acids is 1. The minimum atomic E-state index is -0.0624. The summed E-state index contributed by atoms with van der Waals surface area (Å²) >= 11 is 1.39. The van der Waals surface area contributed by atoms with Crippen molar-refractivity contribution in [2.24, 2.45) is 10.2 Å². The average Bonchev–Trinajstić information content (AvgIpc) is 2.72. The second-order valence-corrected chi connectivity index (χ2v) is 4.94. The molecule has 1 aromatic rings. The van der Waals surface area contributed by atoms with Crippen molar-refractivity contribution in [3.8, 4) is 5.75 Å². The Balaban J connectivity index is 1.99. The molecule has 0 saturated carbocycles. The van der Waals surface area contributed by atoms with Crippen LogP contribution in [0.3, 0.4) is 0 Å². The van der Waals surface area contributed by atoms with Gasteiger partial charge in [0.15, 0.2) is 5.17 Å². The normalized spacial score (nSPS) is 21.7. The van der Waals surface area contributed by atoms with E-state index in [9.17, 15) is 4.79 Å². The van der Waals surface area contributed by atoms with E-state index in [0.717, 1.165) is 12.0 Å². The van der Waals surface area contributed by atoms with E-state index in [1.165, 1.54) is 11.8 Å². The van der Waals surface area contributed by atoms with Gasteiger partial charge >= 0.3 is 0 Å². The number of aromatic hydroxyl groups is 1. The molecule has 1 unspecified atom stereocenters. The predicted octanol–water partition coefficient (Wildman–Crippen LogP) is 1.72. The van der Waals surface area contributed by atoms with Crippen LogP contribution in [0.1, 0.15) is 18.9 Å². The largest absolute Gasteiger partial charge is 0.508 e. The number of rotatable bonds is 3. The number of phenols is 1. The summed E-state index contributed by atoms with van der Waals surface area (Å²) in [7, 11) is 0. The smallest absolute Gasteiger partial charge is 0.239 e. The molecule has 0 aromatic heterocycles. The fraction of sp³-hybridized carbons (Fsp3) is 0.250. The molecule has 1 fully saturated rings. The molecule has 94 valence electrons. The number of hydrogen-bond acceptors (Lipinski definition) is 5. The summed E-state index contributed by atoms with van der Waals surface area (Å²) in [4.78, 5) is 11.4. The van der Waals surface area contributed by atoms with Gasteiger partial charge in [0.25, 0.3) is 0 Å². The number of hydrogen-bond donors (Lipinski definition) is 2. The predicted molar refractivity (Wildman–Crippen MR) is 72.9 cm³/mol. The van der Waals surface area contributed by atoms with Crippen molar-refractivity contribution in [1.82, 2.24) is 5.32 Å². The van der Waals surface area contributed by atoms with E-state index in [-0.39, 0.29) is 16.9 Å². The molecule has 1 amide bonds. The molecule has 1 aliphatic heterocycles. The number of amides is 1. The molecule has 1 saturated heterocycles. The number of nitrogens with one attached hydrogen (secondary N) is 1. The molecule has 1 aromatic carbocycles. The van der Waals surface area contributed by atoms with Gasteiger partial charge in [0, 0.05) is 0 Å². The maximum Gasteiger partial charge on any atom is 0.239 e. The summed E-state index contributed by atoms with van der Waals surface area (Å²) in [5, 5.41) is 20.1. The number of benzene rings is 1. The minimum absolute atomic E-state index is 0.0129. The van der Waals surface area contributed by atoms with Gasteiger partial charge in [-0.05, 0) is 36.2 Å². The van der Waals surface area contributed by atoms with Crippen LogP contribution in [0, 0.1) is 0 Å². The highest BCUT2D eigenvalue weighted by molar-refractivity contribution is 8.15. The molecule has 5 nitrogen and oxygen atoms in total. The van der Waals surface area contributed by atoms with Gasteiger partial charge in [0.1, 0.15) is 5.75 Å². The van der Waals surface area contributed by atoms with Gasteiger partial charge in [-0.3, -0.25) is 4.79 Å².